The van der Waals surface area contributed by atoms with Gasteiger partial charge in [-0.15, -0.1) is 0 Å². The number of methoxy groups -OCH3 is 1. The second-order valence-corrected chi connectivity index (χ2v) is 5.55. The highest BCUT2D eigenvalue weighted by molar-refractivity contribution is 5.78. The van der Waals surface area contributed by atoms with E-state index in [2.05, 4.69) is 13.0 Å². The molecule has 0 bridgehead atoms. The summed E-state index contributed by atoms with van der Waals surface area (Å²) >= 11 is 0. The van der Waals surface area contributed by atoms with Gasteiger partial charge in [0.15, 0.2) is 0 Å². The number of hydrogen-bond donors (Lipinski definition) is 1. The van der Waals surface area contributed by atoms with Crippen LogP contribution in [0.5, 0.6) is 0 Å². The number of furan rings is 1. The molecule has 1 unspecified atom stereocenters. The van der Waals surface area contributed by atoms with E-state index in [-0.39, 0.29) is 11.6 Å². The first-order valence-corrected chi connectivity index (χ1v) is 7.03. The average molecular weight is 275 g/mol. The van der Waals surface area contributed by atoms with Gasteiger partial charge >= 0.3 is 0 Å². The molecular formula is C16H21NO3. The first kappa shape index (κ1) is 13.6. The minimum absolute atomic E-state index is 0.274. The molecule has 0 spiro atoms. The fraction of sp³-hybridized carbons (Fsp3) is 0.500. The van der Waals surface area contributed by atoms with Crippen LogP contribution in [0.15, 0.2) is 28.7 Å². The molecule has 1 saturated heterocycles. The third-order valence-electron chi connectivity index (χ3n) is 4.31. The highest BCUT2D eigenvalue weighted by Gasteiger charge is 2.41. The Morgan fingerprint density at radius 3 is 2.70 bits per heavy atom. The minimum atomic E-state index is -0.388. The molecule has 1 aliphatic heterocycles. The van der Waals surface area contributed by atoms with Gasteiger partial charge in [0, 0.05) is 38.6 Å². The van der Waals surface area contributed by atoms with Crippen molar-refractivity contribution in [2.75, 3.05) is 20.3 Å². The molecule has 2 N–H and O–H groups in total. The van der Waals surface area contributed by atoms with Crippen LogP contribution in [0.4, 0.5) is 0 Å². The summed E-state index contributed by atoms with van der Waals surface area (Å²) in [6, 6.07) is 7.90. The maximum absolute atomic E-state index is 6.44. The average Bonchev–Trinajstić information content (AvgIpc) is 2.90. The van der Waals surface area contributed by atoms with Crippen molar-refractivity contribution >= 4 is 11.0 Å². The van der Waals surface area contributed by atoms with Gasteiger partial charge < -0.3 is 19.6 Å². The Bertz CT molecular complexity index is 599. The molecule has 1 aromatic carbocycles. The molecule has 0 radical (unpaired) electrons. The van der Waals surface area contributed by atoms with Crippen LogP contribution in [0.1, 0.15) is 30.2 Å². The summed E-state index contributed by atoms with van der Waals surface area (Å²) in [6.45, 7) is 3.43. The Hall–Kier alpha value is -1.36. The number of hydrogen-bond acceptors (Lipinski definition) is 4. The van der Waals surface area contributed by atoms with Crippen molar-refractivity contribution in [3.63, 3.8) is 0 Å². The fourth-order valence-electron chi connectivity index (χ4n) is 2.95. The lowest BCUT2D eigenvalue weighted by molar-refractivity contribution is -0.107. The molecule has 2 aromatic rings. The molecule has 1 aromatic heterocycles. The van der Waals surface area contributed by atoms with Gasteiger partial charge in [-0.25, -0.2) is 0 Å². The molecule has 3 rings (SSSR count). The van der Waals surface area contributed by atoms with E-state index in [9.17, 15) is 0 Å². The topological polar surface area (TPSA) is 57.6 Å². The van der Waals surface area contributed by atoms with Crippen LogP contribution in [0.25, 0.3) is 11.0 Å². The normalized spacial score (nSPS) is 20.1. The van der Waals surface area contributed by atoms with Crippen LogP contribution < -0.4 is 5.73 Å². The maximum Gasteiger partial charge on any atom is 0.134 e. The van der Waals surface area contributed by atoms with Gasteiger partial charge in [-0.3, -0.25) is 0 Å². The standard InChI is InChI=1S/C16H21NO3/c1-11-3-4-13-12(9-11)10-14(20-13)15(17)16(18-2)5-7-19-8-6-16/h3-4,9-10,15H,5-8,17H2,1-2H3. The first-order valence-electron chi connectivity index (χ1n) is 7.03. The van der Waals surface area contributed by atoms with Gasteiger partial charge in [-0.05, 0) is 25.1 Å². The molecule has 1 fully saturated rings. The molecule has 1 atom stereocenters. The third kappa shape index (κ3) is 2.24. The first-order chi connectivity index (χ1) is 9.64. The van der Waals surface area contributed by atoms with E-state index < -0.39 is 0 Å². The summed E-state index contributed by atoms with van der Waals surface area (Å²) in [7, 11) is 1.72. The molecule has 0 aliphatic carbocycles. The Balaban J connectivity index is 1.96. The monoisotopic (exact) mass is 275 g/mol. The summed E-state index contributed by atoms with van der Waals surface area (Å²) in [5, 5.41) is 1.09. The number of nitrogens with two attached hydrogens (primary N) is 1. The molecule has 1 aliphatic rings. The molecule has 0 amide bonds. The van der Waals surface area contributed by atoms with Crippen molar-refractivity contribution in [3.8, 4) is 0 Å². The molecule has 2 heterocycles. The number of aryl methyl sites for hydroxylation is 1. The zero-order valence-corrected chi connectivity index (χ0v) is 12.0. The molecule has 4 nitrogen and oxygen atoms in total. The predicted octanol–water partition coefficient (Wildman–Crippen LogP) is 2.94. The van der Waals surface area contributed by atoms with E-state index in [1.165, 1.54) is 5.56 Å². The lowest BCUT2D eigenvalue weighted by Gasteiger charge is -2.39. The van der Waals surface area contributed by atoms with Crippen molar-refractivity contribution in [1.29, 1.82) is 0 Å². The number of rotatable bonds is 3. The van der Waals surface area contributed by atoms with Gasteiger partial charge in [0.25, 0.3) is 0 Å². The lowest BCUT2D eigenvalue weighted by Crippen LogP contribution is -2.47. The Labute approximate surface area is 118 Å². The molecule has 0 saturated carbocycles. The quantitative estimate of drug-likeness (QED) is 0.935. The summed E-state index contributed by atoms with van der Waals surface area (Å²) in [5.74, 6) is 0.786. The van der Waals surface area contributed by atoms with Gasteiger partial charge in [0.2, 0.25) is 0 Å². The largest absolute Gasteiger partial charge is 0.459 e. The van der Waals surface area contributed by atoms with E-state index in [4.69, 9.17) is 19.6 Å². The SMILES string of the molecule is COC1(C(N)c2cc3cc(C)ccc3o2)CCOCC1. The second kappa shape index (κ2) is 5.20. The second-order valence-electron chi connectivity index (χ2n) is 5.55. The van der Waals surface area contributed by atoms with Gasteiger partial charge in [0.1, 0.15) is 11.3 Å². The number of fused-ring (bicyclic) bond motifs is 1. The van der Waals surface area contributed by atoms with Crippen LogP contribution in [0.3, 0.4) is 0 Å². The van der Waals surface area contributed by atoms with Crippen LogP contribution in [0, 0.1) is 6.92 Å². The molecular weight excluding hydrogens is 254 g/mol. The van der Waals surface area contributed by atoms with Crippen LogP contribution in [-0.4, -0.2) is 25.9 Å². The molecule has 4 heteroatoms. The number of ether oxygens (including phenoxy) is 2. The minimum Gasteiger partial charge on any atom is -0.459 e. The van der Waals surface area contributed by atoms with Crippen molar-refractivity contribution in [1.82, 2.24) is 0 Å². The summed E-state index contributed by atoms with van der Waals surface area (Å²) in [6.07, 6.45) is 1.58. The maximum atomic E-state index is 6.44. The van der Waals surface area contributed by atoms with Crippen molar-refractivity contribution in [2.45, 2.75) is 31.4 Å². The summed E-state index contributed by atoms with van der Waals surface area (Å²) < 4.78 is 17.1. The van der Waals surface area contributed by atoms with Crippen LogP contribution >= 0.6 is 0 Å². The smallest absolute Gasteiger partial charge is 0.134 e. The van der Waals surface area contributed by atoms with Gasteiger partial charge in [-0.1, -0.05) is 11.6 Å². The van der Waals surface area contributed by atoms with Crippen LogP contribution in [0.2, 0.25) is 0 Å². The number of benzene rings is 1. The highest BCUT2D eigenvalue weighted by atomic mass is 16.5. The van der Waals surface area contributed by atoms with Gasteiger partial charge in [-0.2, -0.15) is 0 Å². The van der Waals surface area contributed by atoms with E-state index in [0.717, 1.165) is 29.6 Å². The van der Waals surface area contributed by atoms with E-state index in [0.29, 0.717) is 13.2 Å². The zero-order chi connectivity index (χ0) is 14.2. The highest BCUT2D eigenvalue weighted by Crippen LogP contribution is 2.37. The molecule has 108 valence electrons. The van der Waals surface area contributed by atoms with E-state index >= 15 is 0 Å². The summed E-state index contributed by atoms with van der Waals surface area (Å²) in [5.41, 5.74) is 8.14. The Morgan fingerprint density at radius 2 is 2.00 bits per heavy atom. The van der Waals surface area contributed by atoms with Crippen molar-refractivity contribution < 1.29 is 13.9 Å². The van der Waals surface area contributed by atoms with E-state index in [1.807, 2.05) is 18.2 Å². The third-order valence-corrected chi connectivity index (χ3v) is 4.31. The fourth-order valence-corrected chi connectivity index (χ4v) is 2.95. The van der Waals surface area contributed by atoms with Crippen molar-refractivity contribution in [2.24, 2.45) is 5.73 Å². The summed E-state index contributed by atoms with van der Waals surface area (Å²) in [4.78, 5) is 0. The predicted molar refractivity (Wildman–Crippen MR) is 77.7 cm³/mol. The Kier molecular flexibility index (Phi) is 3.54. The molecule has 20 heavy (non-hydrogen) atoms. The zero-order valence-electron chi connectivity index (χ0n) is 12.0. The Morgan fingerprint density at radius 1 is 1.25 bits per heavy atom. The van der Waals surface area contributed by atoms with E-state index in [1.54, 1.807) is 7.11 Å². The van der Waals surface area contributed by atoms with Crippen molar-refractivity contribution in [3.05, 3.63) is 35.6 Å². The van der Waals surface area contributed by atoms with Gasteiger partial charge in [0.05, 0.1) is 11.6 Å². The lowest BCUT2D eigenvalue weighted by atomic mass is 9.85. The van der Waals surface area contributed by atoms with Crippen LogP contribution in [-0.2, 0) is 9.47 Å².